The number of rotatable bonds is 3. The number of benzene rings is 2. The molecular formula is C21H17N3S. The molecule has 0 radical (unpaired) electrons. The fraction of sp³-hybridized carbons (Fsp3) is 0.0952. The molecule has 122 valence electrons. The number of fused-ring (bicyclic) bond motifs is 2. The molecule has 1 aliphatic rings. The minimum Gasteiger partial charge on any atom is -0.343 e. The van der Waals surface area contributed by atoms with Gasteiger partial charge in [0.05, 0.1) is 10.6 Å². The number of hydrogen-bond donors (Lipinski definition) is 0. The van der Waals surface area contributed by atoms with Gasteiger partial charge in [0, 0.05) is 35.5 Å². The first kappa shape index (κ1) is 14.5. The summed E-state index contributed by atoms with van der Waals surface area (Å²) in [6.45, 7) is 1.58. The van der Waals surface area contributed by atoms with Crippen LogP contribution >= 0.6 is 11.3 Å². The SMILES string of the molecule is C1=NCN(c2ccc3c(ccn3Cc3ccccc3)c2)c2ccsc21. The number of anilines is 2. The second-order valence-corrected chi connectivity index (χ2v) is 7.17. The lowest BCUT2D eigenvalue weighted by Crippen LogP contribution is -2.20. The van der Waals surface area contributed by atoms with Gasteiger partial charge in [-0.15, -0.1) is 11.3 Å². The molecule has 4 heteroatoms. The van der Waals surface area contributed by atoms with E-state index >= 15 is 0 Å². The molecule has 2 aromatic carbocycles. The average Bonchev–Trinajstić information content (AvgIpc) is 3.29. The van der Waals surface area contributed by atoms with Crippen LogP contribution in [0.4, 0.5) is 11.4 Å². The van der Waals surface area contributed by atoms with Gasteiger partial charge in [-0.05, 0) is 41.3 Å². The first-order chi connectivity index (χ1) is 12.4. The standard InChI is InChI=1S/C21H17N3S/c1-2-4-16(5-3-1)14-23-10-8-17-12-18(6-7-19(17)23)24-15-22-13-21-20(24)9-11-25-21/h1-13H,14-15H2. The monoisotopic (exact) mass is 343 g/mol. The van der Waals surface area contributed by atoms with E-state index in [0.717, 1.165) is 6.54 Å². The Bertz CT molecular complexity index is 1060. The van der Waals surface area contributed by atoms with Crippen LogP contribution in [0.25, 0.3) is 10.9 Å². The molecule has 0 saturated carbocycles. The fourth-order valence-corrected chi connectivity index (χ4v) is 4.19. The molecular weight excluding hydrogens is 326 g/mol. The Hall–Kier alpha value is -2.85. The zero-order chi connectivity index (χ0) is 16.6. The molecule has 1 aliphatic heterocycles. The van der Waals surface area contributed by atoms with E-state index in [9.17, 15) is 0 Å². The molecule has 3 heterocycles. The maximum atomic E-state index is 4.50. The van der Waals surface area contributed by atoms with Gasteiger partial charge in [-0.3, -0.25) is 4.99 Å². The molecule has 4 aromatic rings. The van der Waals surface area contributed by atoms with Crippen molar-refractivity contribution in [2.24, 2.45) is 4.99 Å². The smallest absolute Gasteiger partial charge is 0.115 e. The number of nitrogens with zero attached hydrogens (tertiary/aromatic N) is 3. The predicted octanol–water partition coefficient (Wildman–Crippen LogP) is 5.28. The molecule has 0 atom stereocenters. The molecule has 0 N–H and O–H groups in total. The molecule has 5 rings (SSSR count). The van der Waals surface area contributed by atoms with E-state index in [4.69, 9.17) is 0 Å². The van der Waals surface area contributed by atoms with E-state index < -0.39 is 0 Å². The normalized spacial score (nSPS) is 13.4. The van der Waals surface area contributed by atoms with Crippen molar-refractivity contribution >= 4 is 39.8 Å². The van der Waals surface area contributed by atoms with E-state index in [1.54, 1.807) is 11.3 Å². The predicted molar refractivity (Wildman–Crippen MR) is 106 cm³/mol. The van der Waals surface area contributed by atoms with Crippen molar-refractivity contribution in [3.63, 3.8) is 0 Å². The summed E-state index contributed by atoms with van der Waals surface area (Å²) >= 11 is 1.74. The molecule has 0 saturated heterocycles. The molecule has 25 heavy (non-hydrogen) atoms. The van der Waals surface area contributed by atoms with Gasteiger partial charge >= 0.3 is 0 Å². The molecule has 0 bridgehead atoms. The number of hydrogen-bond acceptors (Lipinski definition) is 3. The second kappa shape index (κ2) is 5.90. The maximum Gasteiger partial charge on any atom is 0.115 e. The van der Waals surface area contributed by atoms with Crippen LogP contribution in [0.2, 0.25) is 0 Å². The van der Waals surface area contributed by atoms with Crippen molar-refractivity contribution in [3.8, 4) is 0 Å². The van der Waals surface area contributed by atoms with Crippen LogP contribution in [-0.2, 0) is 6.54 Å². The first-order valence-electron chi connectivity index (χ1n) is 8.36. The molecule has 0 spiro atoms. The maximum absolute atomic E-state index is 4.50. The highest BCUT2D eigenvalue weighted by atomic mass is 32.1. The van der Waals surface area contributed by atoms with E-state index in [2.05, 4.69) is 86.7 Å². The van der Waals surface area contributed by atoms with Crippen LogP contribution in [0.5, 0.6) is 0 Å². The molecule has 2 aromatic heterocycles. The molecule has 0 fully saturated rings. The van der Waals surface area contributed by atoms with Crippen LogP contribution in [0.1, 0.15) is 10.4 Å². The number of aliphatic imine (C=N–C) groups is 1. The lowest BCUT2D eigenvalue weighted by atomic mass is 10.2. The van der Waals surface area contributed by atoms with Crippen molar-refractivity contribution in [3.05, 3.63) is 82.7 Å². The minimum absolute atomic E-state index is 0.681. The first-order valence-corrected chi connectivity index (χ1v) is 9.24. The quantitative estimate of drug-likeness (QED) is 0.496. The highest BCUT2D eigenvalue weighted by Crippen LogP contribution is 2.35. The van der Waals surface area contributed by atoms with Gasteiger partial charge in [0.25, 0.3) is 0 Å². The molecule has 3 nitrogen and oxygen atoms in total. The van der Waals surface area contributed by atoms with Crippen molar-refractivity contribution in [2.75, 3.05) is 11.6 Å². The summed E-state index contributed by atoms with van der Waals surface area (Å²) in [5.74, 6) is 0. The third-order valence-corrected chi connectivity index (χ3v) is 5.50. The van der Waals surface area contributed by atoms with Crippen LogP contribution in [0, 0.1) is 0 Å². The number of thiophene rings is 1. The second-order valence-electron chi connectivity index (χ2n) is 6.22. The molecule has 0 unspecified atom stereocenters. The van der Waals surface area contributed by atoms with Gasteiger partial charge in [-0.2, -0.15) is 0 Å². The largest absolute Gasteiger partial charge is 0.343 e. The average molecular weight is 343 g/mol. The Kier molecular flexibility index (Phi) is 3.42. The Morgan fingerprint density at radius 3 is 2.84 bits per heavy atom. The summed E-state index contributed by atoms with van der Waals surface area (Å²) in [6.07, 6.45) is 4.15. The Morgan fingerprint density at radius 1 is 1.00 bits per heavy atom. The lowest BCUT2D eigenvalue weighted by molar-refractivity contribution is 0.837. The summed E-state index contributed by atoms with van der Waals surface area (Å²) in [5, 5.41) is 3.39. The summed E-state index contributed by atoms with van der Waals surface area (Å²) in [7, 11) is 0. The van der Waals surface area contributed by atoms with Gasteiger partial charge < -0.3 is 9.47 Å². The highest BCUT2D eigenvalue weighted by molar-refractivity contribution is 7.12. The zero-order valence-electron chi connectivity index (χ0n) is 13.7. The van der Waals surface area contributed by atoms with Crippen LogP contribution in [-0.4, -0.2) is 17.5 Å². The summed E-state index contributed by atoms with van der Waals surface area (Å²) in [5.41, 5.74) is 5.03. The van der Waals surface area contributed by atoms with Crippen LogP contribution < -0.4 is 4.90 Å². The topological polar surface area (TPSA) is 20.5 Å². The van der Waals surface area contributed by atoms with Gasteiger partial charge in [0.15, 0.2) is 0 Å². The molecule has 0 aliphatic carbocycles. The van der Waals surface area contributed by atoms with E-state index in [0.29, 0.717) is 6.67 Å². The third-order valence-electron chi connectivity index (χ3n) is 4.66. The van der Waals surface area contributed by atoms with E-state index in [1.165, 1.54) is 32.7 Å². The summed E-state index contributed by atoms with van der Waals surface area (Å²) in [6, 6.07) is 21.6. The fourth-order valence-electron chi connectivity index (χ4n) is 3.41. The minimum atomic E-state index is 0.681. The van der Waals surface area contributed by atoms with Crippen LogP contribution in [0.3, 0.4) is 0 Å². The van der Waals surface area contributed by atoms with Crippen molar-refractivity contribution in [2.45, 2.75) is 6.54 Å². The summed E-state index contributed by atoms with van der Waals surface area (Å²) in [4.78, 5) is 8.00. The van der Waals surface area contributed by atoms with E-state index in [1.807, 2.05) is 6.21 Å². The van der Waals surface area contributed by atoms with Gasteiger partial charge in [0.2, 0.25) is 0 Å². The van der Waals surface area contributed by atoms with Gasteiger partial charge in [-0.25, -0.2) is 0 Å². The third kappa shape index (κ3) is 2.55. The lowest BCUT2D eigenvalue weighted by Gasteiger charge is -2.25. The zero-order valence-corrected chi connectivity index (χ0v) is 14.5. The number of aromatic nitrogens is 1. The van der Waals surface area contributed by atoms with Gasteiger partial charge in [-0.1, -0.05) is 30.3 Å². The van der Waals surface area contributed by atoms with Crippen molar-refractivity contribution in [1.29, 1.82) is 0 Å². The molecule has 0 amide bonds. The Labute approximate surface area is 150 Å². The van der Waals surface area contributed by atoms with Crippen molar-refractivity contribution < 1.29 is 0 Å². The Balaban J connectivity index is 1.51. The van der Waals surface area contributed by atoms with Gasteiger partial charge in [0.1, 0.15) is 6.67 Å². The van der Waals surface area contributed by atoms with E-state index in [-0.39, 0.29) is 0 Å². The van der Waals surface area contributed by atoms with Crippen molar-refractivity contribution in [1.82, 2.24) is 4.57 Å². The summed E-state index contributed by atoms with van der Waals surface area (Å²) < 4.78 is 2.30. The highest BCUT2D eigenvalue weighted by Gasteiger charge is 2.17. The van der Waals surface area contributed by atoms with Crippen LogP contribution in [0.15, 0.2) is 77.2 Å². The Morgan fingerprint density at radius 2 is 1.92 bits per heavy atom.